The first-order chi connectivity index (χ1) is 36.0. The molecule has 0 bridgehead atoms. The number of hydrogen-bond donors (Lipinski definition) is 7. The van der Waals surface area contributed by atoms with Crippen molar-refractivity contribution >= 4 is 28.6 Å². The summed E-state index contributed by atoms with van der Waals surface area (Å²) in [5.41, 5.74) is 1.61. The monoisotopic (exact) mass is 1070 g/mol. The molecule has 21 nitrogen and oxygen atoms in total. The Bertz CT molecular complexity index is 2340. The molecule has 0 saturated carbocycles. The minimum atomic E-state index is -1.50. The average Bonchev–Trinajstić information content (AvgIpc) is 4.07. The first kappa shape index (κ1) is 59.9. The molecule has 6 unspecified atom stereocenters. The van der Waals surface area contributed by atoms with Gasteiger partial charge in [0, 0.05) is 56.9 Å². The van der Waals surface area contributed by atoms with Crippen LogP contribution in [0.25, 0.3) is 11.0 Å². The van der Waals surface area contributed by atoms with Crippen LogP contribution < -0.4 is 5.32 Å². The lowest BCUT2D eigenvalue weighted by atomic mass is 9.79. The van der Waals surface area contributed by atoms with Crippen LogP contribution in [0, 0.1) is 23.7 Å². The van der Waals surface area contributed by atoms with Gasteiger partial charge in [-0.15, -0.1) is 0 Å². The van der Waals surface area contributed by atoms with Gasteiger partial charge in [-0.25, -0.2) is 4.98 Å². The summed E-state index contributed by atoms with van der Waals surface area (Å²) in [7, 11) is 6.54. The van der Waals surface area contributed by atoms with Crippen molar-refractivity contribution in [2.45, 2.75) is 191 Å². The molecule has 1 aromatic heterocycles. The second kappa shape index (κ2) is 26.0. The Morgan fingerprint density at radius 3 is 2.26 bits per heavy atom. The maximum Gasteiger partial charge on any atom is 0.308 e. The molecule has 3 saturated heterocycles. The van der Waals surface area contributed by atoms with Crippen molar-refractivity contribution in [3.8, 4) is 0 Å². The van der Waals surface area contributed by atoms with E-state index in [4.69, 9.17) is 47.6 Å². The number of ketones is 1. The number of cyclic esters (lactones) is 1. The number of benzene rings is 1. The second-order valence-corrected chi connectivity index (χ2v) is 22.1. The van der Waals surface area contributed by atoms with Crippen LogP contribution in [0.1, 0.15) is 92.5 Å². The first-order valence-electron chi connectivity index (χ1n) is 27.0. The molecular weight excluding hydrogens is 987 g/mol. The predicted molar refractivity (Wildman–Crippen MR) is 279 cm³/mol. The Hall–Kier alpha value is -3.78. The van der Waals surface area contributed by atoms with Crippen molar-refractivity contribution in [3.63, 3.8) is 0 Å². The molecule has 426 valence electrons. The summed E-state index contributed by atoms with van der Waals surface area (Å²) in [6.45, 7) is 15.4. The van der Waals surface area contributed by atoms with E-state index < -0.39 is 140 Å². The number of fused-ring (bicyclic) bond motifs is 1. The summed E-state index contributed by atoms with van der Waals surface area (Å²) in [5, 5.41) is 60.4. The summed E-state index contributed by atoms with van der Waals surface area (Å²) in [6.07, 6.45) is -8.65. The van der Waals surface area contributed by atoms with Gasteiger partial charge in [0.2, 0.25) is 0 Å². The summed E-state index contributed by atoms with van der Waals surface area (Å²) in [6, 6.07) is 5.11. The van der Waals surface area contributed by atoms with Gasteiger partial charge in [-0.1, -0.05) is 38.5 Å². The van der Waals surface area contributed by atoms with Crippen LogP contribution in [0.3, 0.4) is 0 Å². The largest absolute Gasteiger partial charge is 0.462 e. The van der Waals surface area contributed by atoms with E-state index in [1.807, 2.05) is 45.0 Å². The molecule has 2 aromatic rings. The molecule has 21 atom stereocenters. The standard InChI is InChI=1S/C55H85N5O16/c1-13-40-35(26-70-54-50(69-12)49(68-11)45(64)30(5)72-54)20-27(2)14-17-38(61)28(3)21-34(23-41-58-36-16-15-33(22-37(36)59-41)52-56-18-19-57-52)47(29(4)39(62)24-42(63)74-40)76-53-46(65)44(60(9)10)48(31(6)73-53)75-43-25-55(8,67)51(66)32(7)71-43/h14-17,20,22,28-32,34-35,39-40,43-51,53-54,62,64-67H,13,18-19,21,23-26H2,1-12H3,(H,56,57)(H,58,59)/b17-14+,27-20+/t28-,29?,30+,31+,32+,34?,35?,39?,40?,43+,44+,45+,46+,47?,48+,49+,50+,51+,53-,54-,55-/m0/s1. The number of carbonyl (C=O) groups is 2. The highest BCUT2D eigenvalue weighted by Gasteiger charge is 2.52. The molecule has 6 heterocycles. The SMILES string of the molecule is CCC1OC(=O)CC(O)C(C)C(O[C@@H]2O[C@H](C)[C@@H](O[C@@H]3C[C@](C)(O)[C@H](O)[C@@H](C)O3)[C@H](N(C)C)[C@H]2O)C(Cc2nc3ccc(C4=NCCN4)cc3[nH]2)C[C@H](C)C(=O)/C=C/C(C)=C/C1CO[C@H]1O[C@H](C)[C@@H](O)[C@@H](OC)[C@H]1OC. The van der Waals surface area contributed by atoms with Crippen molar-refractivity contribution in [2.24, 2.45) is 28.7 Å². The molecule has 76 heavy (non-hydrogen) atoms. The maximum absolute atomic E-state index is 14.3. The van der Waals surface area contributed by atoms with E-state index in [9.17, 15) is 35.1 Å². The number of rotatable bonds is 14. The first-order valence-corrected chi connectivity index (χ1v) is 27.0. The number of aliphatic hydroxyl groups is 5. The van der Waals surface area contributed by atoms with Crippen LogP contribution in [-0.4, -0.2) is 210 Å². The molecule has 5 aliphatic rings. The minimum absolute atomic E-state index is 0.00485. The fourth-order valence-electron chi connectivity index (χ4n) is 11.5. The highest BCUT2D eigenvalue weighted by Crippen LogP contribution is 2.38. The summed E-state index contributed by atoms with van der Waals surface area (Å²) >= 11 is 0. The normalized spacial score (nSPS) is 41.6. The molecule has 0 spiro atoms. The van der Waals surface area contributed by atoms with Crippen LogP contribution in [0.5, 0.6) is 0 Å². The van der Waals surface area contributed by atoms with Crippen molar-refractivity contribution in [3.05, 3.63) is 53.4 Å². The van der Waals surface area contributed by atoms with Gasteiger partial charge in [0.05, 0.1) is 72.8 Å². The van der Waals surface area contributed by atoms with Gasteiger partial charge >= 0.3 is 5.97 Å². The summed E-state index contributed by atoms with van der Waals surface area (Å²) < 4.78 is 55.9. The zero-order chi connectivity index (χ0) is 55.3. The highest BCUT2D eigenvalue weighted by molar-refractivity contribution is 6.02. The van der Waals surface area contributed by atoms with E-state index in [0.29, 0.717) is 29.9 Å². The average molecular weight is 1070 g/mol. The molecule has 7 N–H and O–H groups in total. The van der Waals surface area contributed by atoms with Crippen molar-refractivity contribution < 1.29 is 77.8 Å². The topological polar surface area (TPSA) is 275 Å². The predicted octanol–water partition coefficient (Wildman–Crippen LogP) is 2.71. The minimum Gasteiger partial charge on any atom is -0.462 e. The van der Waals surface area contributed by atoms with E-state index in [-0.39, 0.29) is 31.7 Å². The van der Waals surface area contributed by atoms with Gasteiger partial charge in [0.15, 0.2) is 24.7 Å². The van der Waals surface area contributed by atoms with Crippen LogP contribution in [0.4, 0.5) is 0 Å². The zero-order valence-electron chi connectivity index (χ0n) is 46.2. The van der Waals surface area contributed by atoms with Gasteiger partial charge in [0.25, 0.3) is 0 Å². The maximum atomic E-state index is 14.3. The molecule has 21 heteroatoms. The van der Waals surface area contributed by atoms with Gasteiger partial charge < -0.3 is 83.4 Å². The summed E-state index contributed by atoms with van der Waals surface area (Å²) in [4.78, 5) is 43.4. The fraction of sp³-hybridized carbons (Fsp3) is 0.745. The van der Waals surface area contributed by atoms with E-state index in [1.54, 1.807) is 52.8 Å². The second-order valence-electron chi connectivity index (χ2n) is 22.1. The number of H-pyrrole nitrogens is 1. The van der Waals surface area contributed by atoms with Gasteiger partial charge in [0.1, 0.15) is 54.4 Å². The van der Waals surface area contributed by atoms with Crippen LogP contribution in [-0.2, 0) is 58.6 Å². The Morgan fingerprint density at radius 1 is 0.882 bits per heavy atom. The van der Waals surface area contributed by atoms with Gasteiger partial charge in [-0.2, -0.15) is 0 Å². The number of aliphatic hydroxyl groups excluding tert-OH is 4. The number of ether oxygens (including phenoxy) is 9. The number of esters is 1. The fourth-order valence-corrected chi connectivity index (χ4v) is 11.5. The van der Waals surface area contributed by atoms with E-state index >= 15 is 0 Å². The molecule has 0 aliphatic carbocycles. The van der Waals surface area contributed by atoms with E-state index in [2.05, 4.69) is 15.3 Å². The van der Waals surface area contributed by atoms with Crippen LogP contribution >= 0.6 is 0 Å². The zero-order valence-corrected chi connectivity index (χ0v) is 46.2. The van der Waals surface area contributed by atoms with Gasteiger partial charge in [-0.3, -0.25) is 14.6 Å². The van der Waals surface area contributed by atoms with Crippen LogP contribution in [0.2, 0.25) is 0 Å². The number of hydrogen-bond acceptors (Lipinski definition) is 20. The molecule has 0 radical (unpaired) electrons. The number of carbonyl (C=O) groups excluding carboxylic acids is 2. The number of aliphatic imine (C=N–C) groups is 1. The Balaban J connectivity index is 1.21. The van der Waals surface area contributed by atoms with Crippen molar-refractivity contribution in [1.82, 2.24) is 20.2 Å². The number of nitrogens with one attached hydrogen (secondary N) is 2. The number of methoxy groups -OCH3 is 2. The van der Waals surface area contributed by atoms with Crippen LogP contribution in [0.15, 0.2) is 47.0 Å². The smallest absolute Gasteiger partial charge is 0.308 e. The summed E-state index contributed by atoms with van der Waals surface area (Å²) in [5.74, 6) is -2.01. The number of aromatic nitrogens is 2. The number of likely N-dealkylation sites (N-methyl/N-ethyl adjacent to an activating group) is 1. The Morgan fingerprint density at radius 2 is 1.61 bits per heavy atom. The number of nitrogens with zero attached hydrogens (tertiary/aromatic N) is 3. The lowest BCUT2D eigenvalue weighted by Crippen LogP contribution is -2.65. The molecular formula is C55H85N5O16. The lowest BCUT2D eigenvalue weighted by molar-refractivity contribution is -0.342. The van der Waals surface area contributed by atoms with E-state index in [1.165, 1.54) is 27.2 Å². The number of allylic oxidation sites excluding steroid dienone is 3. The van der Waals surface area contributed by atoms with Gasteiger partial charge in [-0.05, 0) is 91.7 Å². The Kier molecular flexibility index (Phi) is 20.5. The third-order valence-electron chi connectivity index (χ3n) is 15.9. The highest BCUT2D eigenvalue weighted by atomic mass is 16.7. The number of imidazole rings is 1. The molecule has 3 fully saturated rings. The third kappa shape index (κ3) is 14.0. The van der Waals surface area contributed by atoms with Crippen molar-refractivity contribution in [1.29, 1.82) is 0 Å². The molecule has 7 rings (SSSR count). The lowest BCUT2D eigenvalue weighted by Gasteiger charge is -2.50. The quantitative estimate of drug-likeness (QED) is 0.134. The van der Waals surface area contributed by atoms with E-state index in [0.717, 1.165) is 23.5 Å². The van der Waals surface area contributed by atoms with Crippen molar-refractivity contribution in [2.75, 3.05) is 48.0 Å². The molecule has 5 aliphatic heterocycles. The molecule has 0 amide bonds. The Labute approximate surface area is 446 Å². The third-order valence-corrected chi connectivity index (χ3v) is 15.9. The molecule has 1 aromatic carbocycles. The number of amidine groups is 1. The number of aromatic amines is 1.